The minimum atomic E-state index is -0.475. The minimum Gasteiger partial charge on any atom is -0.341 e. The van der Waals surface area contributed by atoms with Crippen molar-refractivity contribution in [3.63, 3.8) is 0 Å². The van der Waals surface area contributed by atoms with E-state index in [4.69, 9.17) is 4.52 Å². The third-order valence-corrected chi connectivity index (χ3v) is 4.59. The minimum absolute atomic E-state index is 0.130. The molecule has 2 heterocycles. The van der Waals surface area contributed by atoms with Crippen LogP contribution in [0.2, 0.25) is 0 Å². The Bertz CT molecular complexity index is 1230. The Morgan fingerprint density at radius 1 is 1.10 bits per heavy atom. The number of aryl methyl sites for hydroxylation is 1. The third-order valence-electron chi connectivity index (χ3n) is 4.59. The lowest BCUT2D eigenvalue weighted by molar-refractivity contribution is 0.0932. The number of hydrogen-bond donors (Lipinski definition) is 1. The summed E-state index contributed by atoms with van der Waals surface area (Å²) in [4.78, 5) is 33.9. The molecule has 8 heteroatoms. The lowest BCUT2D eigenvalue weighted by Gasteiger charge is -2.09. The Labute approximate surface area is 166 Å². The molecule has 2 aromatic heterocycles. The monoisotopic (exact) mass is 389 g/mol. The molecule has 0 spiro atoms. The molecule has 0 aliphatic heterocycles. The predicted octanol–water partition coefficient (Wildman–Crippen LogP) is 2.63. The largest absolute Gasteiger partial charge is 0.341 e. The normalized spacial score (nSPS) is 12.1. The van der Waals surface area contributed by atoms with Gasteiger partial charge in [0.05, 0.1) is 17.4 Å². The van der Waals surface area contributed by atoms with Crippen LogP contribution in [0.3, 0.4) is 0 Å². The Morgan fingerprint density at radius 3 is 2.62 bits per heavy atom. The lowest BCUT2D eigenvalue weighted by atomic mass is 10.2. The van der Waals surface area contributed by atoms with E-state index in [2.05, 4.69) is 20.4 Å². The molecule has 0 radical (unpaired) electrons. The molecular weight excluding hydrogens is 370 g/mol. The highest BCUT2D eigenvalue weighted by atomic mass is 16.5. The van der Waals surface area contributed by atoms with Gasteiger partial charge >= 0.3 is 0 Å². The van der Waals surface area contributed by atoms with Crippen molar-refractivity contribution in [2.24, 2.45) is 0 Å². The van der Waals surface area contributed by atoms with Gasteiger partial charge < -0.3 is 9.84 Å². The van der Waals surface area contributed by atoms with E-state index in [1.165, 1.54) is 4.57 Å². The van der Waals surface area contributed by atoms with Crippen molar-refractivity contribution in [2.45, 2.75) is 26.4 Å². The van der Waals surface area contributed by atoms with Crippen LogP contribution in [-0.2, 0) is 6.54 Å². The summed E-state index contributed by atoms with van der Waals surface area (Å²) in [6.45, 7) is 3.65. The SMILES string of the molecule is Cc1nc2ccccc2c(=O)n1Cc1noc(C(C)NC(=O)c2ccccc2)n1. The van der Waals surface area contributed by atoms with Gasteiger partial charge in [0, 0.05) is 5.56 Å². The van der Waals surface area contributed by atoms with Gasteiger partial charge in [-0.1, -0.05) is 35.5 Å². The van der Waals surface area contributed by atoms with Crippen molar-refractivity contribution >= 4 is 16.8 Å². The first-order valence-corrected chi connectivity index (χ1v) is 9.17. The van der Waals surface area contributed by atoms with Crippen molar-refractivity contribution in [3.05, 3.63) is 88.1 Å². The van der Waals surface area contributed by atoms with E-state index >= 15 is 0 Å². The lowest BCUT2D eigenvalue weighted by Crippen LogP contribution is -2.27. The van der Waals surface area contributed by atoms with E-state index in [0.29, 0.717) is 28.1 Å². The number of rotatable bonds is 5. The number of aromatic nitrogens is 4. The van der Waals surface area contributed by atoms with Crippen molar-refractivity contribution < 1.29 is 9.32 Å². The van der Waals surface area contributed by atoms with Gasteiger partial charge in [-0.05, 0) is 38.1 Å². The average Bonchev–Trinajstić information content (AvgIpc) is 3.20. The Balaban J connectivity index is 1.53. The van der Waals surface area contributed by atoms with Gasteiger partial charge in [-0.15, -0.1) is 0 Å². The van der Waals surface area contributed by atoms with E-state index in [1.54, 1.807) is 56.3 Å². The third kappa shape index (κ3) is 3.77. The molecule has 29 heavy (non-hydrogen) atoms. The number of hydrogen-bond acceptors (Lipinski definition) is 6. The number of nitrogens with zero attached hydrogens (tertiary/aromatic N) is 4. The van der Waals surface area contributed by atoms with Crippen LogP contribution >= 0.6 is 0 Å². The van der Waals surface area contributed by atoms with Gasteiger partial charge in [0.15, 0.2) is 5.82 Å². The molecule has 4 aromatic rings. The average molecular weight is 389 g/mol. The highest BCUT2D eigenvalue weighted by Crippen LogP contribution is 2.13. The van der Waals surface area contributed by atoms with Crippen LogP contribution in [0.15, 0.2) is 63.9 Å². The molecule has 0 bridgehead atoms. The van der Waals surface area contributed by atoms with Crippen LogP contribution < -0.4 is 10.9 Å². The van der Waals surface area contributed by atoms with Gasteiger partial charge in [-0.2, -0.15) is 4.98 Å². The summed E-state index contributed by atoms with van der Waals surface area (Å²) < 4.78 is 6.80. The second-order valence-corrected chi connectivity index (χ2v) is 6.68. The maximum atomic E-state index is 12.8. The first-order valence-electron chi connectivity index (χ1n) is 9.17. The van der Waals surface area contributed by atoms with E-state index in [0.717, 1.165) is 0 Å². The first-order chi connectivity index (χ1) is 14.0. The van der Waals surface area contributed by atoms with Crippen LogP contribution in [-0.4, -0.2) is 25.6 Å². The van der Waals surface area contributed by atoms with Crippen LogP contribution in [0.5, 0.6) is 0 Å². The molecule has 146 valence electrons. The van der Waals surface area contributed by atoms with Crippen LogP contribution in [0.25, 0.3) is 10.9 Å². The predicted molar refractivity (Wildman–Crippen MR) is 106 cm³/mol. The molecular formula is C21H19N5O3. The second-order valence-electron chi connectivity index (χ2n) is 6.68. The van der Waals surface area contributed by atoms with Crippen molar-refractivity contribution in [2.75, 3.05) is 0 Å². The molecule has 1 unspecified atom stereocenters. The van der Waals surface area contributed by atoms with E-state index < -0.39 is 6.04 Å². The molecule has 1 N–H and O–H groups in total. The summed E-state index contributed by atoms with van der Waals surface area (Å²) in [5.74, 6) is 0.931. The van der Waals surface area contributed by atoms with Crippen LogP contribution in [0.4, 0.5) is 0 Å². The van der Waals surface area contributed by atoms with Crippen molar-refractivity contribution in [1.29, 1.82) is 0 Å². The fourth-order valence-electron chi connectivity index (χ4n) is 3.05. The number of amides is 1. The Hall–Kier alpha value is -3.81. The van der Waals surface area contributed by atoms with Gasteiger partial charge in [-0.3, -0.25) is 14.2 Å². The summed E-state index contributed by atoms with van der Waals surface area (Å²) in [7, 11) is 0. The summed E-state index contributed by atoms with van der Waals surface area (Å²) in [6.07, 6.45) is 0. The summed E-state index contributed by atoms with van der Waals surface area (Å²) in [5.41, 5.74) is 1.03. The number of carbonyl (C=O) groups is 1. The zero-order valence-electron chi connectivity index (χ0n) is 16.0. The van der Waals surface area contributed by atoms with Gasteiger partial charge in [0.2, 0.25) is 5.89 Å². The maximum absolute atomic E-state index is 12.8. The molecule has 0 saturated carbocycles. The number of fused-ring (bicyclic) bond motifs is 1. The second kappa shape index (κ2) is 7.67. The number of benzene rings is 2. The Morgan fingerprint density at radius 2 is 1.83 bits per heavy atom. The fraction of sp³-hybridized carbons (Fsp3) is 0.190. The number of para-hydroxylation sites is 1. The van der Waals surface area contributed by atoms with Gasteiger partial charge in [-0.25, -0.2) is 4.98 Å². The smallest absolute Gasteiger partial charge is 0.261 e. The highest BCUT2D eigenvalue weighted by molar-refractivity contribution is 5.94. The molecule has 1 amide bonds. The zero-order chi connectivity index (χ0) is 20.4. The molecule has 0 saturated heterocycles. The standard InChI is InChI=1S/C21H19N5O3/c1-13(22-19(27)15-8-4-3-5-9-15)20-24-18(25-29-20)12-26-14(2)23-17-11-7-6-10-16(17)21(26)28/h3-11,13H,12H2,1-2H3,(H,22,27). The van der Waals surface area contributed by atoms with Crippen molar-refractivity contribution in [1.82, 2.24) is 25.0 Å². The molecule has 4 rings (SSSR count). The van der Waals surface area contributed by atoms with Crippen molar-refractivity contribution in [3.8, 4) is 0 Å². The Kier molecular flexibility index (Phi) is 4.90. The number of nitrogens with one attached hydrogen (secondary N) is 1. The molecule has 2 aromatic carbocycles. The fourth-order valence-corrected chi connectivity index (χ4v) is 3.05. The maximum Gasteiger partial charge on any atom is 0.261 e. The molecule has 8 nitrogen and oxygen atoms in total. The quantitative estimate of drug-likeness (QED) is 0.563. The van der Waals surface area contributed by atoms with Gasteiger partial charge in [0.1, 0.15) is 11.9 Å². The summed E-state index contributed by atoms with van der Waals surface area (Å²) in [6, 6.07) is 15.6. The topological polar surface area (TPSA) is 103 Å². The molecule has 0 aliphatic rings. The van der Waals surface area contributed by atoms with E-state index in [1.807, 2.05) is 12.1 Å². The molecule has 0 aliphatic carbocycles. The molecule has 0 fully saturated rings. The summed E-state index contributed by atoms with van der Waals surface area (Å²) in [5, 5.41) is 7.30. The van der Waals surface area contributed by atoms with Crippen LogP contribution in [0, 0.1) is 6.92 Å². The van der Waals surface area contributed by atoms with Gasteiger partial charge in [0.25, 0.3) is 11.5 Å². The zero-order valence-corrected chi connectivity index (χ0v) is 16.0. The summed E-state index contributed by atoms with van der Waals surface area (Å²) >= 11 is 0. The highest BCUT2D eigenvalue weighted by Gasteiger charge is 2.18. The van der Waals surface area contributed by atoms with E-state index in [9.17, 15) is 9.59 Å². The number of carbonyl (C=O) groups excluding carboxylic acids is 1. The van der Waals surface area contributed by atoms with E-state index in [-0.39, 0.29) is 23.9 Å². The van der Waals surface area contributed by atoms with Crippen LogP contribution in [0.1, 0.15) is 40.9 Å². The molecule has 1 atom stereocenters. The first kappa shape index (κ1) is 18.5.